The summed E-state index contributed by atoms with van der Waals surface area (Å²) in [6, 6.07) is -1.03. The molecule has 0 radical (unpaired) electrons. The Morgan fingerprint density at radius 2 is 2.22 bits per heavy atom. The van der Waals surface area contributed by atoms with Crippen molar-refractivity contribution < 1.29 is 9.72 Å². The molecule has 0 aliphatic heterocycles. The smallest absolute Gasteiger partial charge is 0.267 e. The van der Waals surface area contributed by atoms with Crippen LogP contribution in [-0.4, -0.2) is 16.7 Å². The summed E-state index contributed by atoms with van der Waals surface area (Å²) in [6.45, 7) is 2.91. The molecule has 0 saturated heterocycles. The summed E-state index contributed by atoms with van der Waals surface area (Å²) in [4.78, 5) is 19.8. The van der Waals surface area contributed by atoms with Crippen molar-refractivity contribution in [3.63, 3.8) is 0 Å². The van der Waals surface area contributed by atoms with Gasteiger partial charge in [0, 0.05) is 18.3 Å². The Morgan fingerprint density at radius 3 is 2.33 bits per heavy atom. The van der Waals surface area contributed by atoms with Gasteiger partial charge in [0.25, 0.3) is 6.04 Å². The lowest BCUT2D eigenvalue weighted by Crippen LogP contribution is -2.24. The van der Waals surface area contributed by atoms with E-state index in [-0.39, 0.29) is 12.2 Å². The highest BCUT2D eigenvalue weighted by molar-refractivity contribution is 5.81. The van der Waals surface area contributed by atoms with E-state index in [0.29, 0.717) is 0 Å². The van der Waals surface area contributed by atoms with Gasteiger partial charge in [0.15, 0.2) is 0 Å². The minimum atomic E-state index is -1.03. The fraction of sp³-hybridized carbons (Fsp3) is 0.800. The van der Waals surface area contributed by atoms with E-state index in [9.17, 15) is 14.9 Å². The first-order chi connectivity index (χ1) is 4.09. The van der Waals surface area contributed by atoms with Crippen molar-refractivity contribution in [2.24, 2.45) is 0 Å². The molecule has 0 aliphatic carbocycles. The largest absolute Gasteiger partial charge is 0.292 e. The predicted octanol–water partition coefficient (Wildman–Crippen LogP) is 0.631. The Bertz CT molecular complexity index is 132. The predicted molar refractivity (Wildman–Crippen MR) is 31.8 cm³/mol. The molecule has 9 heavy (non-hydrogen) atoms. The van der Waals surface area contributed by atoms with Crippen molar-refractivity contribution >= 4 is 5.78 Å². The van der Waals surface area contributed by atoms with Crippen LogP contribution in [0.25, 0.3) is 0 Å². The van der Waals surface area contributed by atoms with E-state index in [2.05, 4.69) is 0 Å². The first-order valence-corrected chi connectivity index (χ1v) is 2.75. The molecule has 0 unspecified atom stereocenters. The Hall–Kier alpha value is -0.930. The molecule has 0 aliphatic rings. The Morgan fingerprint density at radius 1 is 1.78 bits per heavy atom. The van der Waals surface area contributed by atoms with Crippen LogP contribution >= 0.6 is 0 Å². The molecule has 0 rings (SSSR count). The highest BCUT2D eigenvalue weighted by Gasteiger charge is 2.20. The lowest BCUT2D eigenvalue weighted by Gasteiger charge is -1.97. The lowest BCUT2D eigenvalue weighted by atomic mass is 10.2. The fourth-order valence-corrected chi connectivity index (χ4v) is 0.413. The number of ketones is 1. The van der Waals surface area contributed by atoms with Gasteiger partial charge in [-0.1, -0.05) is 6.92 Å². The molecule has 0 fully saturated rings. The molecule has 0 aromatic heterocycles. The maximum atomic E-state index is 10.5. The molecule has 4 heteroatoms. The summed E-state index contributed by atoms with van der Waals surface area (Å²) in [5.41, 5.74) is 0. The van der Waals surface area contributed by atoms with Crippen LogP contribution in [0.1, 0.15) is 20.3 Å². The van der Waals surface area contributed by atoms with Gasteiger partial charge < -0.3 is 0 Å². The van der Waals surface area contributed by atoms with Crippen molar-refractivity contribution in [3.05, 3.63) is 10.1 Å². The summed E-state index contributed by atoms with van der Waals surface area (Å²) in [7, 11) is 0. The van der Waals surface area contributed by atoms with Crippen molar-refractivity contribution in [3.8, 4) is 0 Å². The van der Waals surface area contributed by atoms with E-state index in [0.717, 1.165) is 0 Å². The monoisotopic (exact) mass is 131 g/mol. The van der Waals surface area contributed by atoms with E-state index in [1.807, 2.05) is 0 Å². The average molecular weight is 131 g/mol. The van der Waals surface area contributed by atoms with Crippen LogP contribution in [0.4, 0.5) is 0 Å². The van der Waals surface area contributed by atoms with Crippen LogP contribution < -0.4 is 0 Å². The van der Waals surface area contributed by atoms with E-state index in [1.165, 1.54) is 6.92 Å². The summed E-state index contributed by atoms with van der Waals surface area (Å²) in [5.74, 6) is -0.319. The van der Waals surface area contributed by atoms with Gasteiger partial charge in [0.05, 0.1) is 0 Å². The average Bonchev–Trinajstić information content (AvgIpc) is 1.84. The molecule has 1 atom stereocenters. The number of rotatable bonds is 3. The topological polar surface area (TPSA) is 60.2 Å². The standard InChI is InChI=1S/C5H9NO3/c1-3-5(7)4(2)6(8)9/h4H,3H2,1-2H3/t4-/m0/s1. The van der Waals surface area contributed by atoms with Crippen molar-refractivity contribution in [2.75, 3.05) is 0 Å². The maximum absolute atomic E-state index is 10.5. The highest BCUT2D eigenvalue weighted by atomic mass is 16.6. The Balaban J connectivity index is 3.88. The number of hydrogen-bond donors (Lipinski definition) is 0. The number of nitrogens with zero attached hydrogens (tertiary/aromatic N) is 1. The van der Waals surface area contributed by atoms with Gasteiger partial charge in [0.1, 0.15) is 0 Å². The van der Waals surface area contributed by atoms with Gasteiger partial charge in [-0.2, -0.15) is 0 Å². The third kappa shape index (κ3) is 2.21. The molecule has 52 valence electrons. The van der Waals surface area contributed by atoms with Gasteiger partial charge in [-0.25, -0.2) is 0 Å². The van der Waals surface area contributed by atoms with Crippen LogP contribution in [0.2, 0.25) is 0 Å². The Labute approximate surface area is 53.0 Å². The van der Waals surface area contributed by atoms with E-state index in [4.69, 9.17) is 0 Å². The van der Waals surface area contributed by atoms with Crippen molar-refractivity contribution in [2.45, 2.75) is 26.3 Å². The summed E-state index contributed by atoms with van der Waals surface area (Å²) >= 11 is 0. The zero-order valence-electron chi connectivity index (χ0n) is 5.46. The number of carbonyl (C=O) groups excluding carboxylic acids is 1. The molecule has 0 spiro atoms. The fourth-order valence-electron chi connectivity index (χ4n) is 0.413. The molecule has 0 N–H and O–H groups in total. The van der Waals surface area contributed by atoms with Gasteiger partial charge in [-0.05, 0) is 0 Å². The van der Waals surface area contributed by atoms with Crippen molar-refractivity contribution in [1.82, 2.24) is 0 Å². The van der Waals surface area contributed by atoms with Crippen LogP contribution in [0, 0.1) is 10.1 Å². The summed E-state index contributed by atoms with van der Waals surface area (Å²) in [5, 5.41) is 9.88. The van der Waals surface area contributed by atoms with Crippen LogP contribution in [0.3, 0.4) is 0 Å². The minimum absolute atomic E-state index is 0.238. The third-order valence-electron chi connectivity index (χ3n) is 1.13. The molecule has 0 aromatic rings. The second-order valence-electron chi connectivity index (χ2n) is 1.78. The number of carbonyl (C=O) groups is 1. The van der Waals surface area contributed by atoms with E-state index < -0.39 is 11.0 Å². The minimum Gasteiger partial charge on any atom is -0.292 e. The second-order valence-corrected chi connectivity index (χ2v) is 1.78. The van der Waals surface area contributed by atoms with Crippen LogP contribution in [0.15, 0.2) is 0 Å². The molecular weight excluding hydrogens is 122 g/mol. The zero-order chi connectivity index (χ0) is 7.44. The van der Waals surface area contributed by atoms with Gasteiger partial charge in [-0.15, -0.1) is 0 Å². The van der Waals surface area contributed by atoms with Gasteiger partial charge >= 0.3 is 0 Å². The zero-order valence-corrected chi connectivity index (χ0v) is 5.46. The second kappa shape index (κ2) is 3.17. The third-order valence-corrected chi connectivity index (χ3v) is 1.13. The summed E-state index contributed by atoms with van der Waals surface area (Å²) < 4.78 is 0. The first kappa shape index (κ1) is 8.07. The first-order valence-electron chi connectivity index (χ1n) is 2.75. The molecule has 0 aromatic carbocycles. The lowest BCUT2D eigenvalue weighted by molar-refractivity contribution is -0.503. The van der Waals surface area contributed by atoms with E-state index >= 15 is 0 Å². The summed E-state index contributed by atoms with van der Waals surface area (Å²) in [6.07, 6.45) is 0.238. The maximum Gasteiger partial charge on any atom is 0.267 e. The number of hydrogen-bond acceptors (Lipinski definition) is 3. The molecule has 0 saturated carbocycles. The quantitative estimate of drug-likeness (QED) is 0.417. The van der Waals surface area contributed by atoms with E-state index in [1.54, 1.807) is 6.92 Å². The highest BCUT2D eigenvalue weighted by Crippen LogP contribution is 1.93. The van der Waals surface area contributed by atoms with Gasteiger partial charge in [-0.3, -0.25) is 14.9 Å². The molecule has 0 amide bonds. The van der Waals surface area contributed by atoms with Crippen LogP contribution in [0.5, 0.6) is 0 Å². The number of Topliss-reactive ketones (excluding diaryl/α,β-unsaturated/α-hetero) is 1. The van der Waals surface area contributed by atoms with Crippen molar-refractivity contribution in [1.29, 1.82) is 0 Å². The molecule has 4 nitrogen and oxygen atoms in total. The normalized spacial score (nSPS) is 12.7. The van der Waals surface area contributed by atoms with Gasteiger partial charge in [0.2, 0.25) is 5.78 Å². The SMILES string of the molecule is CCC(=O)[C@H](C)[N+](=O)[O-]. The van der Waals surface area contributed by atoms with Crippen LogP contribution in [-0.2, 0) is 4.79 Å². The molecule has 0 heterocycles. The Kier molecular flexibility index (Phi) is 2.84. The molecular formula is C5H9NO3. The number of nitro groups is 1. The molecule has 0 bridgehead atoms.